The largest absolute Gasteiger partial charge is 0.311 e. The van der Waals surface area contributed by atoms with Crippen LogP contribution in [0.15, 0.2) is 176 Å². The molecule has 0 spiro atoms. The number of carbonyl (C=O) groups excluding carboxylic acids is 1. The van der Waals surface area contributed by atoms with Crippen molar-refractivity contribution < 1.29 is 4.79 Å². The summed E-state index contributed by atoms with van der Waals surface area (Å²) < 4.78 is 0. The molecule has 0 saturated heterocycles. The standard InChI is InChI=1S/C40H32N2O/c1-30(2)40(43)42(35-21-13-6-14-22-35)37-27-28-38(39(29-37)31-15-7-3-8-16-31)32-23-25-36(26-24-32)41(33-17-9-4-10-18-33)34-19-11-5-12-20-34/h3-29H,1H2,2H3. The van der Waals surface area contributed by atoms with Crippen LogP contribution in [0.2, 0.25) is 0 Å². The summed E-state index contributed by atoms with van der Waals surface area (Å²) in [5, 5.41) is 0. The Hall–Kier alpha value is -5.67. The highest BCUT2D eigenvalue weighted by atomic mass is 16.2. The summed E-state index contributed by atoms with van der Waals surface area (Å²) in [4.78, 5) is 17.4. The minimum Gasteiger partial charge on any atom is -0.311 e. The predicted molar refractivity (Wildman–Crippen MR) is 180 cm³/mol. The molecule has 6 aromatic carbocycles. The molecule has 0 atom stereocenters. The van der Waals surface area contributed by atoms with Gasteiger partial charge in [-0.15, -0.1) is 0 Å². The number of hydrogen-bond donors (Lipinski definition) is 0. The average Bonchev–Trinajstić information content (AvgIpc) is 3.07. The van der Waals surface area contributed by atoms with Crippen LogP contribution in [-0.4, -0.2) is 5.91 Å². The SMILES string of the molecule is C=C(C)C(=O)N(c1ccccc1)c1ccc(-c2ccc(N(c3ccccc3)c3ccccc3)cc2)c(-c2ccccc2)c1. The monoisotopic (exact) mass is 556 g/mol. The lowest BCUT2D eigenvalue weighted by Gasteiger charge is -2.26. The van der Waals surface area contributed by atoms with E-state index < -0.39 is 0 Å². The number of rotatable bonds is 8. The molecule has 3 nitrogen and oxygen atoms in total. The van der Waals surface area contributed by atoms with Crippen LogP contribution in [0.25, 0.3) is 22.3 Å². The summed E-state index contributed by atoms with van der Waals surface area (Å²) in [6.07, 6.45) is 0. The van der Waals surface area contributed by atoms with Gasteiger partial charge in [-0.2, -0.15) is 0 Å². The molecule has 0 aliphatic carbocycles. The van der Waals surface area contributed by atoms with Gasteiger partial charge in [0.2, 0.25) is 0 Å². The molecular weight excluding hydrogens is 524 g/mol. The highest BCUT2D eigenvalue weighted by Crippen LogP contribution is 2.40. The third-order valence-corrected chi connectivity index (χ3v) is 7.39. The van der Waals surface area contributed by atoms with E-state index in [1.54, 1.807) is 11.8 Å². The Bertz CT molecular complexity index is 1790. The van der Waals surface area contributed by atoms with Gasteiger partial charge in [0, 0.05) is 34.0 Å². The lowest BCUT2D eigenvalue weighted by Crippen LogP contribution is -2.26. The van der Waals surface area contributed by atoms with Crippen molar-refractivity contribution in [1.82, 2.24) is 0 Å². The highest BCUT2D eigenvalue weighted by Gasteiger charge is 2.21. The summed E-state index contributed by atoms with van der Waals surface area (Å²) in [5.74, 6) is -0.135. The van der Waals surface area contributed by atoms with E-state index in [1.165, 1.54) is 0 Å². The molecule has 0 aliphatic rings. The second-order valence-electron chi connectivity index (χ2n) is 10.4. The van der Waals surface area contributed by atoms with E-state index in [-0.39, 0.29) is 5.91 Å². The van der Waals surface area contributed by atoms with Gasteiger partial charge in [0.15, 0.2) is 0 Å². The first kappa shape index (κ1) is 27.5. The van der Waals surface area contributed by atoms with Crippen molar-refractivity contribution in [2.24, 2.45) is 0 Å². The zero-order valence-corrected chi connectivity index (χ0v) is 24.1. The highest BCUT2D eigenvalue weighted by molar-refractivity contribution is 6.10. The van der Waals surface area contributed by atoms with Gasteiger partial charge in [-0.05, 0) is 89.8 Å². The lowest BCUT2D eigenvalue weighted by molar-refractivity contribution is -0.114. The predicted octanol–water partition coefficient (Wildman–Crippen LogP) is 10.7. The average molecular weight is 557 g/mol. The van der Waals surface area contributed by atoms with E-state index in [1.807, 2.05) is 66.7 Å². The number of hydrogen-bond acceptors (Lipinski definition) is 2. The molecule has 43 heavy (non-hydrogen) atoms. The first-order chi connectivity index (χ1) is 21.1. The van der Waals surface area contributed by atoms with Crippen molar-refractivity contribution in [2.75, 3.05) is 9.80 Å². The van der Waals surface area contributed by atoms with Gasteiger partial charge in [-0.1, -0.05) is 110 Å². The van der Waals surface area contributed by atoms with E-state index >= 15 is 0 Å². The molecule has 0 heterocycles. The minimum atomic E-state index is -0.135. The maximum atomic E-state index is 13.4. The van der Waals surface area contributed by atoms with Crippen molar-refractivity contribution in [2.45, 2.75) is 6.92 Å². The van der Waals surface area contributed by atoms with Crippen molar-refractivity contribution in [3.05, 3.63) is 176 Å². The van der Waals surface area contributed by atoms with Crippen LogP contribution in [0.4, 0.5) is 28.4 Å². The molecule has 0 saturated carbocycles. The normalized spacial score (nSPS) is 10.6. The first-order valence-electron chi connectivity index (χ1n) is 14.4. The van der Waals surface area contributed by atoms with Gasteiger partial charge in [0.25, 0.3) is 5.91 Å². The number of para-hydroxylation sites is 3. The molecule has 1 amide bonds. The molecule has 0 unspecified atom stereocenters. The number of carbonyl (C=O) groups is 1. The smallest absolute Gasteiger partial charge is 0.257 e. The third kappa shape index (κ3) is 5.88. The topological polar surface area (TPSA) is 23.6 Å². The summed E-state index contributed by atoms with van der Waals surface area (Å²) in [5.41, 5.74) is 9.63. The molecule has 0 bridgehead atoms. The maximum absolute atomic E-state index is 13.4. The molecule has 3 heteroatoms. The molecule has 6 rings (SSSR count). The zero-order valence-electron chi connectivity index (χ0n) is 24.1. The number of amides is 1. The van der Waals surface area contributed by atoms with E-state index in [4.69, 9.17) is 0 Å². The molecule has 0 radical (unpaired) electrons. The molecule has 208 valence electrons. The van der Waals surface area contributed by atoms with Crippen LogP contribution >= 0.6 is 0 Å². The van der Waals surface area contributed by atoms with Gasteiger partial charge in [0.05, 0.1) is 0 Å². The van der Waals surface area contributed by atoms with Gasteiger partial charge in [-0.3, -0.25) is 9.69 Å². The van der Waals surface area contributed by atoms with Crippen LogP contribution in [0.5, 0.6) is 0 Å². The fourth-order valence-corrected chi connectivity index (χ4v) is 5.32. The molecule has 0 N–H and O–H groups in total. The van der Waals surface area contributed by atoms with Crippen LogP contribution < -0.4 is 9.80 Å². The van der Waals surface area contributed by atoms with E-state index in [0.717, 1.165) is 50.7 Å². The fraction of sp³-hybridized carbons (Fsp3) is 0.0250. The molecule has 6 aromatic rings. The Balaban J connectivity index is 1.45. The Morgan fingerprint density at radius 3 is 1.40 bits per heavy atom. The second kappa shape index (κ2) is 12.5. The molecular formula is C40H32N2O. The maximum Gasteiger partial charge on any atom is 0.257 e. The van der Waals surface area contributed by atoms with Crippen molar-refractivity contribution in [3.63, 3.8) is 0 Å². The van der Waals surface area contributed by atoms with Gasteiger partial charge >= 0.3 is 0 Å². The summed E-state index contributed by atoms with van der Waals surface area (Å²) in [6, 6.07) is 55.7. The molecule has 0 fully saturated rings. The Morgan fingerprint density at radius 1 is 0.465 bits per heavy atom. The van der Waals surface area contributed by atoms with Crippen molar-refractivity contribution >= 4 is 34.3 Å². The van der Waals surface area contributed by atoms with Crippen LogP contribution in [0, 0.1) is 0 Å². The Kier molecular flexibility index (Phi) is 7.97. The number of anilines is 5. The van der Waals surface area contributed by atoms with Gasteiger partial charge in [0.1, 0.15) is 0 Å². The summed E-state index contributed by atoms with van der Waals surface area (Å²) >= 11 is 0. The van der Waals surface area contributed by atoms with Crippen LogP contribution in [0.1, 0.15) is 6.92 Å². The molecule has 0 aliphatic heterocycles. The number of nitrogens with zero attached hydrogens (tertiary/aromatic N) is 2. The Labute approximate surface area is 253 Å². The summed E-state index contributed by atoms with van der Waals surface area (Å²) in [7, 11) is 0. The van der Waals surface area contributed by atoms with E-state index in [0.29, 0.717) is 5.57 Å². The molecule has 0 aromatic heterocycles. The van der Waals surface area contributed by atoms with E-state index in [2.05, 4.69) is 109 Å². The van der Waals surface area contributed by atoms with Crippen molar-refractivity contribution in [1.29, 1.82) is 0 Å². The Morgan fingerprint density at radius 2 is 0.884 bits per heavy atom. The van der Waals surface area contributed by atoms with E-state index in [9.17, 15) is 4.79 Å². The van der Waals surface area contributed by atoms with Gasteiger partial charge < -0.3 is 4.90 Å². The third-order valence-electron chi connectivity index (χ3n) is 7.39. The first-order valence-corrected chi connectivity index (χ1v) is 14.4. The lowest BCUT2D eigenvalue weighted by atomic mass is 9.93. The second-order valence-corrected chi connectivity index (χ2v) is 10.4. The minimum absolute atomic E-state index is 0.135. The zero-order chi connectivity index (χ0) is 29.6. The van der Waals surface area contributed by atoms with Crippen LogP contribution in [0.3, 0.4) is 0 Å². The van der Waals surface area contributed by atoms with Gasteiger partial charge in [-0.25, -0.2) is 0 Å². The fourth-order valence-electron chi connectivity index (χ4n) is 5.32. The van der Waals surface area contributed by atoms with Crippen molar-refractivity contribution in [3.8, 4) is 22.3 Å². The number of benzene rings is 6. The van der Waals surface area contributed by atoms with Crippen LogP contribution in [-0.2, 0) is 4.79 Å². The summed E-state index contributed by atoms with van der Waals surface area (Å²) in [6.45, 7) is 5.69. The quantitative estimate of drug-likeness (QED) is 0.174.